The van der Waals surface area contributed by atoms with Crippen LogP contribution < -0.4 is 14.8 Å². The van der Waals surface area contributed by atoms with Gasteiger partial charge >= 0.3 is 5.97 Å². The Morgan fingerprint density at radius 1 is 1.50 bits per heavy atom. The fraction of sp³-hybridized carbons (Fsp3) is 0.312. The van der Waals surface area contributed by atoms with Gasteiger partial charge < -0.3 is 19.9 Å². The van der Waals surface area contributed by atoms with Gasteiger partial charge in [-0.05, 0) is 30.2 Å². The number of nitrogens with one attached hydrogen (secondary N) is 1. The number of amides is 1. The maximum absolute atomic E-state index is 12.4. The molecule has 1 unspecified atom stereocenters. The van der Waals surface area contributed by atoms with Gasteiger partial charge in [-0.2, -0.15) is 5.10 Å². The molecular formula is C16H17N3O5. The van der Waals surface area contributed by atoms with Gasteiger partial charge in [0.15, 0.2) is 0 Å². The number of benzene rings is 1. The van der Waals surface area contributed by atoms with E-state index in [1.165, 1.54) is 17.1 Å². The Hall–Kier alpha value is -3.03. The van der Waals surface area contributed by atoms with Gasteiger partial charge in [0.1, 0.15) is 24.7 Å². The number of carboxylic acids is 1. The van der Waals surface area contributed by atoms with Crippen LogP contribution >= 0.6 is 0 Å². The third-order valence-corrected chi connectivity index (χ3v) is 3.74. The summed E-state index contributed by atoms with van der Waals surface area (Å²) in [6.45, 7) is 0.0318. The Balaban J connectivity index is 1.65. The van der Waals surface area contributed by atoms with E-state index in [1.54, 1.807) is 7.11 Å². The second kappa shape index (κ2) is 6.61. The average molecular weight is 331 g/mol. The molecule has 1 atom stereocenters. The molecule has 1 aromatic heterocycles. The van der Waals surface area contributed by atoms with Gasteiger partial charge in [0.25, 0.3) is 0 Å². The molecule has 2 heterocycles. The van der Waals surface area contributed by atoms with Crippen molar-refractivity contribution in [2.75, 3.05) is 19.0 Å². The van der Waals surface area contributed by atoms with Crippen LogP contribution in [-0.2, 0) is 22.6 Å². The Morgan fingerprint density at radius 2 is 2.33 bits per heavy atom. The number of methoxy groups -OCH3 is 1. The van der Waals surface area contributed by atoms with Crippen molar-refractivity contribution in [1.29, 1.82) is 0 Å². The summed E-state index contributed by atoms with van der Waals surface area (Å²) >= 11 is 0. The van der Waals surface area contributed by atoms with E-state index in [2.05, 4.69) is 10.4 Å². The van der Waals surface area contributed by atoms with E-state index in [4.69, 9.17) is 14.6 Å². The number of carbonyl (C=O) groups is 2. The second-order valence-corrected chi connectivity index (χ2v) is 5.50. The van der Waals surface area contributed by atoms with E-state index in [0.717, 1.165) is 11.3 Å². The largest absolute Gasteiger partial charge is 0.497 e. The normalized spacial score (nSPS) is 16.0. The lowest BCUT2D eigenvalue weighted by molar-refractivity contribution is -0.137. The van der Waals surface area contributed by atoms with Crippen LogP contribution in [0.1, 0.15) is 5.56 Å². The van der Waals surface area contributed by atoms with E-state index < -0.39 is 5.97 Å². The third kappa shape index (κ3) is 3.48. The van der Waals surface area contributed by atoms with Crippen LogP contribution in [0.25, 0.3) is 0 Å². The molecule has 2 N–H and O–H groups in total. The van der Waals surface area contributed by atoms with E-state index in [9.17, 15) is 9.59 Å². The minimum Gasteiger partial charge on any atom is -0.497 e. The van der Waals surface area contributed by atoms with Crippen molar-refractivity contribution in [3.8, 4) is 11.5 Å². The van der Waals surface area contributed by atoms with Crippen LogP contribution in [0.3, 0.4) is 0 Å². The first-order valence-electron chi connectivity index (χ1n) is 7.40. The van der Waals surface area contributed by atoms with Gasteiger partial charge in [0.2, 0.25) is 5.91 Å². The molecule has 0 bridgehead atoms. The number of rotatable bonds is 5. The summed E-state index contributed by atoms with van der Waals surface area (Å²) in [5.41, 5.74) is 1.38. The maximum atomic E-state index is 12.4. The van der Waals surface area contributed by atoms with E-state index in [-0.39, 0.29) is 25.0 Å². The summed E-state index contributed by atoms with van der Waals surface area (Å²) in [5.74, 6) is -0.0598. The van der Waals surface area contributed by atoms with Gasteiger partial charge in [0, 0.05) is 6.20 Å². The molecule has 0 saturated carbocycles. The minimum atomic E-state index is -0.998. The molecule has 0 radical (unpaired) electrons. The molecule has 126 valence electrons. The topological polar surface area (TPSA) is 103 Å². The first-order chi connectivity index (χ1) is 11.5. The quantitative estimate of drug-likeness (QED) is 0.852. The molecule has 2 aromatic rings. The molecule has 0 saturated heterocycles. The predicted molar refractivity (Wildman–Crippen MR) is 84.2 cm³/mol. The predicted octanol–water partition coefficient (Wildman–Crippen LogP) is 1.17. The highest BCUT2D eigenvalue weighted by Crippen LogP contribution is 2.31. The van der Waals surface area contributed by atoms with Crippen molar-refractivity contribution in [3.05, 3.63) is 36.2 Å². The monoisotopic (exact) mass is 331 g/mol. The van der Waals surface area contributed by atoms with Crippen LogP contribution in [0.5, 0.6) is 11.5 Å². The fourth-order valence-corrected chi connectivity index (χ4v) is 2.56. The van der Waals surface area contributed by atoms with Crippen LogP contribution in [0, 0.1) is 5.92 Å². The first-order valence-corrected chi connectivity index (χ1v) is 7.40. The molecule has 24 heavy (non-hydrogen) atoms. The number of aliphatic carboxylic acids is 1. The van der Waals surface area contributed by atoms with Gasteiger partial charge in [-0.3, -0.25) is 14.3 Å². The molecule has 0 fully saturated rings. The van der Waals surface area contributed by atoms with Crippen LogP contribution in [0.4, 0.5) is 5.69 Å². The van der Waals surface area contributed by atoms with Crippen molar-refractivity contribution < 1.29 is 24.2 Å². The summed E-state index contributed by atoms with van der Waals surface area (Å²) in [6.07, 6.45) is 3.44. The number of ether oxygens (including phenoxy) is 2. The highest BCUT2D eigenvalue weighted by molar-refractivity contribution is 5.92. The number of nitrogens with zero attached hydrogens (tertiary/aromatic N) is 2. The van der Waals surface area contributed by atoms with Crippen molar-refractivity contribution in [2.24, 2.45) is 5.92 Å². The molecule has 1 aromatic carbocycles. The lowest BCUT2D eigenvalue weighted by atomic mass is 9.96. The Bertz CT molecular complexity index is 771. The summed E-state index contributed by atoms with van der Waals surface area (Å²) in [5, 5.41) is 15.3. The van der Waals surface area contributed by atoms with E-state index in [1.807, 2.05) is 18.2 Å². The number of aromatic nitrogens is 2. The first kappa shape index (κ1) is 15.9. The maximum Gasteiger partial charge on any atom is 0.325 e. The SMILES string of the molecule is COc1ccc2c(c1)CC(C(=O)Nc1cnn(CC(=O)O)c1)CO2. The average Bonchev–Trinajstić information content (AvgIpc) is 2.99. The fourth-order valence-electron chi connectivity index (χ4n) is 2.56. The smallest absolute Gasteiger partial charge is 0.325 e. The number of fused-ring (bicyclic) bond motifs is 1. The third-order valence-electron chi connectivity index (χ3n) is 3.74. The highest BCUT2D eigenvalue weighted by Gasteiger charge is 2.26. The molecular weight excluding hydrogens is 314 g/mol. The molecule has 3 rings (SSSR count). The molecule has 0 aliphatic carbocycles. The summed E-state index contributed by atoms with van der Waals surface area (Å²) < 4.78 is 12.1. The molecule has 8 nitrogen and oxygen atoms in total. The van der Waals surface area contributed by atoms with Gasteiger partial charge in [-0.25, -0.2) is 0 Å². The lowest BCUT2D eigenvalue weighted by Crippen LogP contribution is -2.32. The number of hydrogen-bond donors (Lipinski definition) is 2. The molecule has 1 aliphatic rings. The van der Waals surface area contributed by atoms with Crippen LogP contribution in [0.15, 0.2) is 30.6 Å². The second-order valence-electron chi connectivity index (χ2n) is 5.50. The van der Waals surface area contributed by atoms with Crippen molar-refractivity contribution in [1.82, 2.24) is 9.78 Å². The zero-order chi connectivity index (χ0) is 17.1. The molecule has 1 amide bonds. The summed E-state index contributed by atoms with van der Waals surface area (Å²) in [7, 11) is 1.59. The number of carboxylic acid groups (broad SMARTS) is 1. The van der Waals surface area contributed by atoms with Crippen LogP contribution in [-0.4, -0.2) is 40.5 Å². The van der Waals surface area contributed by atoms with Crippen molar-refractivity contribution in [2.45, 2.75) is 13.0 Å². The zero-order valence-corrected chi connectivity index (χ0v) is 13.1. The van der Waals surface area contributed by atoms with Crippen molar-refractivity contribution >= 4 is 17.6 Å². The van der Waals surface area contributed by atoms with E-state index >= 15 is 0 Å². The van der Waals surface area contributed by atoms with Crippen molar-refractivity contribution in [3.63, 3.8) is 0 Å². The standard InChI is InChI=1S/C16H17N3O5/c1-23-13-2-3-14-10(5-13)4-11(9-24-14)16(22)18-12-6-17-19(7-12)8-15(20)21/h2-3,5-7,11H,4,8-9H2,1H3,(H,18,22)(H,20,21). The number of hydrogen-bond acceptors (Lipinski definition) is 5. The Morgan fingerprint density at radius 3 is 3.08 bits per heavy atom. The van der Waals surface area contributed by atoms with Gasteiger partial charge in [0.05, 0.1) is 24.9 Å². The number of anilines is 1. The number of carbonyl (C=O) groups excluding carboxylic acids is 1. The lowest BCUT2D eigenvalue weighted by Gasteiger charge is -2.24. The molecule has 0 spiro atoms. The van der Waals surface area contributed by atoms with Gasteiger partial charge in [-0.1, -0.05) is 0 Å². The van der Waals surface area contributed by atoms with Gasteiger partial charge in [-0.15, -0.1) is 0 Å². The minimum absolute atomic E-state index is 0.196. The summed E-state index contributed by atoms with van der Waals surface area (Å²) in [4.78, 5) is 23.0. The molecule has 8 heteroatoms. The Kier molecular flexibility index (Phi) is 4.37. The Labute approximate surface area is 138 Å². The zero-order valence-electron chi connectivity index (χ0n) is 13.1. The molecule has 1 aliphatic heterocycles. The van der Waals surface area contributed by atoms with E-state index in [0.29, 0.717) is 17.9 Å². The van der Waals surface area contributed by atoms with Crippen LogP contribution in [0.2, 0.25) is 0 Å². The summed E-state index contributed by atoms with van der Waals surface area (Å²) in [6, 6.07) is 5.51. The highest BCUT2D eigenvalue weighted by atomic mass is 16.5.